The third-order valence-corrected chi connectivity index (χ3v) is 4.55. The van der Waals surface area contributed by atoms with Crippen molar-refractivity contribution in [2.45, 2.75) is 6.61 Å². The lowest BCUT2D eigenvalue weighted by Crippen LogP contribution is -2.32. The molecule has 0 radical (unpaired) electrons. The zero-order chi connectivity index (χ0) is 21.1. The van der Waals surface area contributed by atoms with Gasteiger partial charge in [0.2, 0.25) is 0 Å². The fourth-order valence-electron chi connectivity index (χ4n) is 2.99. The summed E-state index contributed by atoms with van der Waals surface area (Å²) in [6.07, 6.45) is 0. The zero-order valence-electron chi connectivity index (χ0n) is 15.6. The predicted molar refractivity (Wildman–Crippen MR) is 104 cm³/mol. The molecule has 2 amide bonds. The van der Waals surface area contributed by atoms with E-state index in [1.54, 1.807) is 42.5 Å². The van der Waals surface area contributed by atoms with Gasteiger partial charge in [0, 0.05) is 5.56 Å². The van der Waals surface area contributed by atoms with Crippen LogP contribution in [0.2, 0.25) is 0 Å². The van der Waals surface area contributed by atoms with E-state index in [0.29, 0.717) is 16.4 Å². The molecule has 7 heteroatoms. The summed E-state index contributed by atoms with van der Waals surface area (Å²) in [7, 11) is 0. The smallest absolute Gasteiger partial charge is 0.363 e. The van der Waals surface area contributed by atoms with E-state index in [9.17, 15) is 14.4 Å². The quantitative estimate of drug-likeness (QED) is 0.610. The minimum atomic E-state index is -0.842. The number of nitriles is 1. The van der Waals surface area contributed by atoms with Crippen molar-refractivity contribution in [3.63, 3.8) is 0 Å². The predicted octanol–water partition coefficient (Wildman–Crippen LogP) is 3.51. The van der Waals surface area contributed by atoms with Gasteiger partial charge in [-0.1, -0.05) is 35.4 Å². The molecule has 146 valence electrons. The van der Waals surface area contributed by atoms with Crippen LogP contribution in [0.5, 0.6) is 5.75 Å². The van der Waals surface area contributed by atoms with Crippen molar-refractivity contribution in [2.75, 3.05) is 0 Å². The zero-order valence-corrected chi connectivity index (χ0v) is 15.6. The van der Waals surface area contributed by atoms with Crippen molar-refractivity contribution in [2.24, 2.45) is 0 Å². The number of rotatable bonds is 5. The Balaban J connectivity index is 1.41. The van der Waals surface area contributed by atoms with Crippen molar-refractivity contribution in [3.05, 3.63) is 101 Å². The van der Waals surface area contributed by atoms with Crippen molar-refractivity contribution in [1.82, 2.24) is 5.06 Å². The molecule has 7 nitrogen and oxygen atoms in total. The van der Waals surface area contributed by atoms with Crippen molar-refractivity contribution in [3.8, 4) is 11.8 Å². The highest BCUT2D eigenvalue weighted by molar-refractivity contribution is 6.21. The standard InChI is InChI=1S/C23H14N2O5/c24-13-16-5-1-2-6-17(16)14-29-18-11-9-15(10-12-18)23(28)30-25-21(26)19-7-3-4-8-20(19)22(25)27/h1-12H,14H2. The fraction of sp³-hybridized carbons (Fsp3) is 0.0435. The SMILES string of the molecule is N#Cc1ccccc1COc1ccc(C(=O)ON2C(=O)c3ccccc3C2=O)cc1. The first-order chi connectivity index (χ1) is 14.6. The highest BCUT2D eigenvalue weighted by atomic mass is 16.7. The van der Waals surface area contributed by atoms with Crippen molar-refractivity contribution in [1.29, 1.82) is 5.26 Å². The minimum Gasteiger partial charge on any atom is -0.489 e. The second kappa shape index (κ2) is 7.89. The molecule has 3 aromatic carbocycles. The van der Waals surface area contributed by atoms with E-state index in [4.69, 9.17) is 14.8 Å². The molecule has 0 saturated carbocycles. The average molecular weight is 398 g/mol. The first-order valence-corrected chi connectivity index (χ1v) is 8.99. The van der Waals surface area contributed by atoms with Crippen LogP contribution < -0.4 is 4.74 Å². The molecule has 0 spiro atoms. The summed E-state index contributed by atoms with van der Waals surface area (Å²) < 4.78 is 5.66. The average Bonchev–Trinajstić information content (AvgIpc) is 3.03. The molecule has 0 unspecified atom stereocenters. The van der Waals surface area contributed by atoms with E-state index in [2.05, 4.69) is 6.07 Å². The first kappa shape index (κ1) is 18.9. The molecule has 30 heavy (non-hydrogen) atoms. The number of carbonyl (C=O) groups is 3. The Morgan fingerprint density at radius 3 is 2.10 bits per heavy atom. The molecule has 1 aliphatic rings. The van der Waals surface area contributed by atoms with E-state index in [-0.39, 0.29) is 23.3 Å². The van der Waals surface area contributed by atoms with Gasteiger partial charge in [0.05, 0.1) is 28.3 Å². The van der Waals surface area contributed by atoms with Gasteiger partial charge in [-0.25, -0.2) is 4.79 Å². The molecule has 0 atom stereocenters. The van der Waals surface area contributed by atoms with Gasteiger partial charge >= 0.3 is 5.97 Å². The fourth-order valence-corrected chi connectivity index (χ4v) is 2.99. The largest absolute Gasteiger partial charge is 0.489 e. The van der Waals surface area contributed by atoms with Crippen molar-refractivity contribution < 1.29 is 24.0 Å². The lowest BCUT2D eigenvalue weighted by Gasteiger charge is -2.13. The Morgan fingerprint density at radius 1 is 0.867 bits per heavy atom. The van der Waals surface area contributed by atoms with Crippen LogP contribution in [0.1, 0.15) is 42.2 Å². The summed E-state index contributed by atoms with van der Waals surface area (Å²) in [5.41, 5.74) is 1.80. The maximum absolute atomic E-state index is 12.4. The Labute approximate surface area is 171 Å². The molecule has 0 aliphatic carbocycles. The first-order valence-electron chi connectivity index (χ1n) is 8.99. The molecule has 0 N–H and O–H groups in total. The molecule has 0 fully saturated rings. The van der Waals surface area contributed by atoms with Gasteiger partial charge in [-0.15, -0.1) is 0 Å². The molecule has 3 aromatic rings. The lowest BCUT2D eigenvalue weighted by atomic mass is 10.1. The third-order valence-electron chi connectivity index (χ3n) is 4.55. The van der Waals surface area contributed by atoms with E-state index in [0.717, 1.165) is 5.56 Å². The van der Waals surface area contributed by atoms with Gasteiger partial charge in [0.25, 0.3) is 11.8 Å². The second-order valence-electron chi connectivity index (χ2n) is 6.41. The van der Waals surface area contributed by atoms with Crippen LogP contribution in [0.15, 0.2) is 72.8 Å². The van der Waals surface area contributed by atoms with Crippen molar-refractivity contribution >= 4 is 17.8 Å². The monoisotopic (exact) mass is 398 g/mol. The third kappa shape index (κ3) is 3.50. The molecule has 4 rings (SSSR count). The number of benzene rings is 3. The molecule has 0 saturated heterocycles. The Bertz CT molecular complexity index is 1160. The Kier molecular flexibility index (Phi) is 4.97. The maximum Gasteiger partial charge on any atom is 0.363 e. The highest BCUT2D eigenvalue weighted by Crippen LogP contribution is 2.24. The highest BCUT2D eigenvalue weighted by Gasteiger charge is 2.38. The van der Waals surface area contributed by atoms with Crippen LogP contribution in [-0.4, -0.2) is 22.8 Å². The molecular formula is C23H14N2O5. The molecule has 1 heterocycles. The molecule has 0 aromatic heterocycles. The summed E-state index contributed by atoms with van der Waals surface area (Å²) in [6, 6.07) is 21.5. The van der Waals surface area contributed by atoms with Crippen LogP contribution in [0.25, 0.3) is 0 Å². The Morgan fingerprint density at radius 2 is 1.47 bits per heavy atom. The van der Waals surface area contributed by atoms with Crippen LogP contribution in [0, 0.1) is 11.3 Å². The van der Waals surface area contributed by atoms with E-state index in [1.165, 1.54) is 24.3 Å². The molecule has 1 aliphatic heterocycles. The van der Waals surface area contributed by atoms with Gasteiger partial charge in [0.15, 0.2) is 0 Å². The summed E-state index contributed by atoms with van der Waals surface area (Å²) in [6.45, 7) is 0.197. The van der Waals surface area contributed by atoms with E-state index >= 15 is 0 Å². The van der Waals surface area contributed by atoms with Crippen LogP contribution >= 0.6 is 0 Å². The van der Waals surface area contributed by atoms with Gasteiger partial charge < -0.3 is 9.57 Å². The number of hydrogen-bond acceptors (Lipinski definition) is 6. The topological polar surface area (TPSA) is 96.7 Å². The van der Waals surface area contributed by atoms with E-state index in [1.807, 2.05) is 6.07 Å². The number of imide groups is 1. The van der Waals surface area contributed by atoms with Gasteiger partial charge in [-0.2, -0.15) is 5.26 Å². The lowest BCUT2D eigenvalue weighted by molar-refractivity contribution is -0.0584. The Hall–Kier alpha value is -4.44. The number of hydroxylamine groups is 2. The number of nitrogens with zero attached hydrogens (tertiary/aromatic N) is 2. The van der Waals surface area contributed by atoms with E-state index < -0.39 is 17.8 Å². The van der Waals surface area contributed by atoms with Gasteiger partial charge in [0.1, 0.15) is 12.4 Å². The van der Waals surface area contributed by atoms with Crippen LogP contribution in [0.4, 0.5) is 0 Å². The second-order valence-corrected chi connectivity index (χ2v) is 6.41. The van der Waals surface area contributed by atoms with Crippen LogP contribution in [0.3, 0.4) is 0 Å². The number of fused-ring (bicyclic) bond motifs is 1. The normalized spacial score (nSPS) is 12.3. The van der Waals surface area contributed by atoms with Gasteiger partial charge in [-0.3, -0.25) is 9.59 Å². The summed E-state index contributed by atoms with van der Waals surface area (Å²) in [5.74, 6) is -1.72. The number of ether oxygens (including phenoxy) is 1. The summed E-state index contributed by atoms with van der Waals surface area (Å²) >= 11 is 0. The molecular weight excluding hydrogens is 384 g/mol. The maximum atomic E-state index is 12.4. The number of carbonyl (C=O) groups excluding carboxylic acids is 3. The number of amides is 2. The van der Waals surface area contributed by atoms with Crippen LogP contribution in [-0.2, 0) is 11.4 Å². The minimum absolute atomic E-state index is 0.149. The number of hydrogen-bond donors (Lipinski definition) is 0. The molecule has 0 bridgehead atoms. The summed E-state index contributed by atoms with van der Waals surface area (Å²) in [5, 5.41) is 9.58. The van der Waals surface area contributed by atoms with Gasteiger partial charge in [-0.05, 0) is 42.5 Å². The summed E-state index contributed by atoms with van der Waals surface area (Å²) in [4.78, 5) is 42.0.